The molecule has 2 aromatic carbocycles. The van der Waals surface area contributed by atoms with Gasteiger partial charge in [-0.05, 0) is 61.5 Å². The van der Waals surface area contributed by atoms with Gasteiger partial charge in [-0.3, -0.25) is 9.52 Å². The number of amides is 1. The molecular formula is C26H31ClN6O3S. The van der Waals surface area contributed by atoms with Crippen LogP contribution in [0, 0.1) is 0 Å². The fraction of sp³-hybridized carbons (Fsp3) is 0.269. The van der Waals surface area contributed by atoms with Crippen molar-refractivity contribution in [3.05, 3.63) is 78.3 Å². The molecular weight excluding hydrogens is 512 g/mol. The van der Waals surface area contributed by atoms with Crippen molar-refractivity contribution in [2.75, 3.05) is 29.3 Å². The average Bonchev–Trinajstić information content (AvgIpc) is 3.29. The molecule has 1 amide bonds. The van der Waals surface area contributed by atoms with Crippen molar-refractivity contribution in [2.24, 2.45) is 0 Å². The molecule has 196 valence electrons. The number of piperazine rings is 1. The first-order valence-corrected chi connectivity index (χ1v) is 13.8. The van der Waals surface area contributed by atoms with Gasteiger partial charge >= 0.3 is 0 Å². The number of nitrogens with one attached hydrogen (secondary N) is 1. The third-order valence-electron chi connectivity index (χ3n) is 6.58. The van der Waals surface area contributed by atoms with Crippen LogP contribution < -0.4 is 9.62 Å². The maximum Gasteiger partial charge on any atom is 0.263 e. The fourth-order valence-corrected chi connectivity index (χ4v) is 5.86. The third kappa shape index (κ3) is 5.55. The number of fused-ring (bicyclic) bond motifs is 1. The summed E-state index contributed by atoms with van der Waals surface area (Å²) in [5.74, 6) is 0.336. The Balaban J connectivity index is 0.00000210. The van der Waals surface area contributed by atoms with Crippen molar-refractivity contribution in [1.29, 1.82) is 0 Å². The topological polar surface area (TPSA) is 100 Å². The van der Waals surface area contributed by atoms with E-state index < -0.39 is 10.0 Å². The molecule has 1 saturated heterocycles. The number of benzene rings is 2. The van der Waals surface area contributed by atoms with Gasteiger partial charge in [0.1, 0.15) is 12.1 Å². The van der Waals surface area contributed by atoms with Gasteiger partial charge in [0.2, 0.25) is 5.91 Å². The van der Waals surface area contributed by atoms with Gasteiger partial charge in [0.05, 0.1) is 4.90 Å². The minimum absolute atomic E-state index is 0. The molecule has 0 unspecified atom stereocenters. The Morgan fingerprint density at radius 1 is 1.14 bits per heavy atom. The molecule has 5 rings (SSSR count). The molecule has 1 N–H and O–H groups in total. The maximum atomic E-state index is 13.0. The van der Waals surface area contributed by atoms with Gasteiger partial charge in [-0.25, -0.2) is 18.4 Å². The van der Waals surface area contributed by atoms with E-state index in [2.05, 4.69) is 24.2 Å². The monoisotopic (exact) mass is 542 g/mol. The summed E-state index contributed by atoms with van der Waals surface area (Å²) >= 11 is 6.08. The van der Waals surface area contributed by atoms with Crippen molar-refractivity contribution >= 4 is 49.9 Å². The average molecular weight is 543 g/mol. The highest BCUT2D eigenvalue weighted by molar-refractivity contribution is 7.92. The minimum atomic E-state index is -3.75. The van der Waals surface area contributed by atoms with E-state index in [0.717, 1.165) is 16.6 Å². The van der Waals surface area contributed by atoms with Crippen LogP contribution >= 0.6 is 11.6 Å². The lowest BCUT2D eigenvalue weighted by Crippen LogP contribution is -2.54. The van der Waals surface area contributed by atoms with Gasteiger partial charge in [0, 0.05) is 75.5 Å². The smallest absolute Gasteiger partial charge is 0.263 e. The highest BCUT2D eigenvalue weighted by atomic mass is 35.5. The first-order chi connectivity index (χ1) is 17.8. The number of hydrogen-bond donors (Lipinski definition) is 1. The molecule has 0 spiro atoms. The number of sulfonamides is 1. The zero-order valence-electron chi connectivity index (χ0n) is 20.3. The van der Waals surface area contributed by atoms with Crippen LogP contribution in [0.4, 0.5) is 11.5 Å². The molecule has 1 atom stereocenters. The predicted octanol–water partition coefficient (Wildman–Crippen LogP) is 4.50. The highest BCUT2D eigenvalue weighted by Gasteiger charge is 2.27. The fourth-order valence-electron chi connectivity index (χ4n) is 4.67. The van der Waals surface area contributed by atoms with Gasteiger partial charge in [-0.2, -0.15) is 0 Å². The summed E-state index contributed by atoms with van der Waals surface area (Å²) in [5, 5.41) is 1.76. The number of anilines is 2. The van der Waals surface area contributed by atoms with Crippen LogP contribution in [0.2, 0.25) is 5.02 Å². The molecule has 11 heteroatoms. The standard InChI is InChI=1S/C26H27ClN6O3S.2H2/c1-19-17-32(22-3-5-23(6-4-22)37(35,36)30-25-8-11-28-18-29-25)14-15-33(19)26(34)10-13-31-12-9-20-16-21(27)2-7-24(20)31;;/h2-9,11-12,16,18-19H,10,13-15,17H2,1H3,(H,28,29,30);2*1H/t19-;;/m1../s1. The first kappa shape index (κ1) is 25.0. The lowest BCUT2D eigenvalue weighted by atomic mass is 10.1. The summed E-state index contributed by atoms with van der Waals surface area (Å²) in [6.07, 6.45) is 5.16. The van der Waals surface area contributed by atoms with E-state index in [1.54, 1.807) is 24.3 Å². The SMILES string of the molecule is C[C@@H]1CN(c2ccc(S(=O)(=O)Nc3ccncn3)cc2)CCN1C(=O)CCn1ccc2cc(Cl)ccc21.[HH].[HH]. The Morgan fingerprint density at radius 3 is 2.68 bits per heavy atom. The molecule has 1 fully saturated rings. The number of aryl methyl sites for hydroxylation is 1. The predicted molar refractivity (Wildman–Crippen MR) is 148 cm³/mol. The van der Waals surface area contributed by atoms with Crippen molar-refractivity contribution in [3.8, 4) is 0 Å². The van der Waals surface area contributed by atoms with Gasteiger partial charge in [-0.15, -0.1) is 0 Å². The molecule has 4 aromatic rings. The van der Waals surface area contributed by atoms with E-state index in [0.29, 0.717) is 37.6 Å². The van der Waals surface area contributed by atoms with Crippen molar-refractivity contribution < 1.29 is 16.1 Å². The van der Waals surface area contributed by atoms with Crippen molar-refractivity contribution in [1.82, 2.24) is 19.4 Å². The van der Waals surface area contributed by atoms with Gasteiger partial charge < -0.3 is 14.4 Å². The second kappa shape index (κ2) is 10.4. The van der Waals surface area contributed by atoms with Gasteiger partial charge in [0.15, 0.2) is 0 Å². The van der Waals surface area contributed by atoms with Crippen LogP contribution in [0.1, 0.15) is 16.2 Å². The number of halogens is 1. The van der Waals surface area contributed by atoms with E-state index in [1.807, 2.05) is 42.3 Å². The number of nitrogens with zero attached hydrogens (tertiary/aromatic N) is 5. The van der Waals surface area contributed by atoms with Crippen LogP contribution in [0.25, 0.3) is 10.9 Å². The van der Waals surface area contributed by atoms with E-state index in [9.17, 15) is 13.2 Å². The summed E-state index contributed by atoms with van der Waals surface area (Å²) < 4.78 is 29.8. The zero-order valence-corrected chi connectivity index (χ0v) is 21.9. The number of carbonyl (C=O) groups is 1. The van der Waals surface area contributed by atoms with Crippen LogP contribution in [0.5, 0.6) is 0 Å². The quantitative estimate of drug-likeness (QED) is 0.369. The molecule has 37 heavy (non-hydrogen) atoms. The van der Waals surface area contributed by atoms with Crippen molar-refractivity contribution in [2.45, 2.75) is 30.8 Å². The van der Waals surface area contributed by atoms with Crippen LogP contribution in [-0.2, 0) is 21.4 Å². The number of hydrogen-bond acceptors (Lipinski definition) is 6. The van der Waals surface area contributed by atoms with Crippen molar-refractivity contribution in [3.63, 3.8) is 0 Å². The van der Waals surface area contributed by atoms with Gasteiger partial charge in [0.25, 0.3) is 10.0 Å². The summed E-state index contributed by atoms with van der Waals surface area (Å²) in [6, 6.07) is 16.0. The van der Waals surface area contributed by atoms with Gasteiger partial charge in [-0.1, -0.05) is 11.6 Å². The highest BCUT2D eigenvalue weighted by Crippen LogP contribution is 2.24. The van der Waals surface area contributed by atoms with Crippen LogP contribution in [-0.4, -0.2) is 59.4 Å². The summed E-state index contributed by atoms with van der Waals surface area (Å²) in [7, 11) is -3.75. The van der Waals surface area contributed by atoms with Crippen LogP contribution in [0.15, 0.2) is 78.2 Å². The van der Waals surface area contributed by atoms with E-state index in [1.165, 1.54) is 18.6 Å². The summed E-state index contributed by atoms with van der Waals surface area (Å²) in [6.45, 7) is 4.60. The Bertz CT molecular complexity index is 1520. The first-order valence-electron chi connectivity index (χ1n) is 12.0. The zero-order chi connectivity index (χ0) is 26.0. The molecule has 0 bridgehead atoms. The lowest BCUT2D eigenvalue weighted by molar-refractivity contribution is -0.133. The molecule has 0 saturated carbocycles. The van der Waals surface area contributed by atoms with E-state index in [-0.39, 0.29) is 25.5 Å². The minimum Gasteiger partial charge on any atom is -0.368 e. The van der Waals surface area contributed by atoms with Crippen LogP contribution in [0.3, 0.4) is 0 Å². The summed E-state index contributed by atoms with van der Waals surface area (Å²) in [5.41, 5.74) is 1.98. The molecule has 0 aliphatic carbocycles. The number of rotatable bonds is 7. The molecule has 9 nitrogen and oxygen atoms in total. The molecule has 1 aliphatic heterocycles. The Morgan fingerprint density at radius 2 is 1.95 bits per heavy atom. The molecule has 2 aromatic heterocycles. The largest absolute Gasteiger partial charge is 0.368 e. The van der Waals surface area contributed by atoms with E-state index >= 15 is 0 Å². The Labute approximate surface area is 223 Å². The normalized spacial score (nSPS) is 16.2. The number of carbonyl (C=O) groups excluding carboxylic acids is 1. The molecule has 3 heterocycles. The third-order valence-corrected chi connectivity index (χ3v) is 8.19. The van der Waals surface area contributed by atoms with E-state index in [4.69, 9.17) is 11.6 Å². The Hall–Kier alpha value is -3.63. The number of aromatic nitrogens is 3. The second-order valence-electron chi connectivity index (χ2n) is 9.04. The molecule has 1 aliphatic rings. The maximum absolute atomic E-state index is 13.0. The Kier molecular flexibility index (Phi) is 7.03. The second-order valence-corrected chi connectivity index (χ2v) is 11.2. The lowest BCUT2D eigenvalue weighted by Gasteiger charge is -2.41. The molecule has 0 radical (unpaired) electrons. The summed E-state index contributed by atoms with van der Waals surface area (Å²) in [4.78, 5) is 25.0.